The van der Waals surface area contributed by atoms with Gasteiger partial charge in [0.1, 0.15) is 5.76 Å². The highest BCUT2D eigenvalue weighted by Gasteiger charge is 2.01. The van der Waals surface area contributed by atoms with Crippen molar-refractivity contribution in [2.75, 3.05) is 5.32 Å². The number of pyridine rings is 1. The zero-order valence-electron chi connectivity index (χ0n) is 8.82. The molecular formula is C11H13N3O. The molecule has 78 valence electrons. The van der Waals surface area contributed by atoms with Gasteiger partial charge in [-0.25, -0.2) is 0 Å². The fourth-order valence-corrected chi connectivity index (χ4v) is 1.34. The third-order valence-corrected chi connectivity index (χ3v) is 2.20. The normalized spacial score (nSPS) is 10.3. The van der Waals surface area contributed by atoms with Crippen molar-refractivity contribution < 1.29 is 4.52 Å². The number of nitrogens with one attached hydrogen (secondary N) is 1. The third kappa shape index (κ3) is 2.34. The summed E-state index contributed by atoms with van der Waals surface area (Å²) in [4.78, 5) is 4.21. The van der Waals surface area contributed by atoms with Gasteiger partial charge in [0.05, 0.1) is 0 Å². The number of rotatable bonds is 3. The maximum atomic E-state index is 4.96. The molecule has 2 aromatic rings. The third-order valence-electron chi connectivity index (χ3n) is 2.20. The first kappa shape index (κ1) is 9.71. The van der Waals surface area contributed by atoms with Crippen LogP contribution in [0.4, 0.5) is 5.82 Å². The van der Waals surface area contributed by atoms with Crippen LogP contribution in [0.5, 0.6) is 0 Å². The van der Waals surface area contributed by atoms with Crippen LogP contribution in [0, 0.1) is 13.8 Å². The molecule has 2 rings (SSSR count). The Morgan fingerprint density at radius 2 is 2.27 bits per heavy atom. The van der Waals surface area contributed by atoms with E-state index in [2.05, 4.69) is 15.5 Å². The SMILES string of the molecule is Cc1cc(NCc2cccnc2C)no1. The highest BCUT2D eigenvalue weighted by atomic mass is 16.5. The molecule has 4 nitrogen and oxygen atoms in total. The molecule has 0 radical (unpaired) electrons. The predicted octanol–water partition coefficient (Wildman–Crippen LogP) is 2.30. The maximum Gasteiger partial charge on any atom is 0.169 e. The number of hydrogen-bond donors (Lipinski definition) is 1. The lowest BCUT2D eigenvalue weighted by molar-refractivity contribution is 0.399. The van der Waals surface area contributed by atoms with E-state index in [0.717, 1.165) is 22.8 Å². The molecule has 0 amide bonds. The molecule has 0 spiro atoms. The Bertz CT molecular complexity index is 451. The lowest BCUT2D eigenvalue weighted by Gasteiger charge is -2.04. The van der Waals surface area contributed by atoms with E-state index in [1.54, 1.807) is 6.20 Å². The Hall–Kier alpha value is -1.84. The quantitative estimate of drug-likeness (QED) is 0.831. The number of aromatic nitrogens is 2. The van der Waals surface area contributed by atoms with Gasteiger partial charge in [0.25, 0.3) is 0 Å². The molecule has 0 atom stereocenters. The molecule has 0 unspecified atom stereocenters. The zero-order valence-corrected chi connectivity index (χ0v) is 8.82. The number of anilines is 1. The van der Waals surface area contributed by atoms with E-state index in [0.29, 0.717) is 6.54 Å². The summed E-state index contributed by atoms with van der Waals surface area (Å²) in [7, 11) is 0. The molecule has 0 aliphatic carbocycles. The van der Waals surface area contributed by atoms with Crippen LogP contribution in [0.1, 0.15) is 17.0 Å². The Balaban J connectivity index is 2.02. The minimum absolute atomic E-state index is 0.714. The Labute approximate surface area is 88.3 Å². The molecule has 4 heteroatoms. The molecule has 0 bridgehead atoms. The lowest BCUT2D eigenvalue weighted by atomic mass is 10.2. The molecule has 15 heavy (non-hydrogen) atoms. The summed E-state index contributed by atoms with van der Waals surface area (Å²) in [6.45, 7) is 4.57. The van der Waals surface area contributed by atoms with Crippen molar-refractivity contribution in [2.45, 2.75) is 20.4 Å². The van der Waals surface area contributed by atoms with Crippen molar-refractivity contribution in [1.29, 1.82) is 0 Å². The van der Waals surface area contributed by atoms with Crippen LogP contribution < -0.4 is 5.32 Å². The summed E-state index contributed by atoms with van der Waals surface area (Å²) >= 11 is 0. The minimum Gasteiger partial charge on any atom is -0.363 e. The Morgan fingerprint density at radius 3 is 2.93 bits per heavy atom. The van der Waals surface area contributed by atoms with Gasteiger partial charge in [-0.3, -0.25) is 4.98 Å². The molecule has 0 aromatic carbocycles. The van der Waals surface area contributed by atoms with Gasteiger partial charge in [-0.15, -0.1) is 0 Å². The fourth-order valence-electron chi connectivity index (χ4n) is 1.34. The van der Waals surface area contributed by atoms with Crippen LogP contribution in [0.2, 0.25) is 0 Å². The molecule has 1 N–H and O–H groups in total. The second-order valence-electron chi connectivity index (χ2n) is 3.42. The van der Waals surface area contributed by atoms with Gasteiger partial charge in [0, 0.05) is 24.5 Å². The first-order valence-corrected chi connectivity index (χ1v) is 4.83. The summed E-state index contributed by atoms with van der Waals surface area (Å²) in [5.74, 6) is 1.57. The Kier molecular flexibility index (Phi) is 2.67. The van der Waals surface area contributed by atoms with E-state index in [-0.39, 0.29) is 0 Å². The van der Waals surface area contributed by atoms with Crippen molar-refractivity contribution in [3.8, 4) is 0 Å². The Morgan fingerprint density at radius 1 is 1.40 bits per heavy atom. The first-order chi connectivity index (χ1) is 7.25. The van der Waals surface area contributed by atoms with E-state index in [4.69, 9.17) is 4.52 Å². The maximum absolute atomic E-state index is 4.96. The van der Waals surface area contributed by atoms with Gasteiger partial charge in [0.15, 0.2) is 5.82 Å². The largest absolute Gasteiger partial charge is 0.363 e. The van der Waals surface area contributed by atoms with Crippen LogP contribution in [0.3, 0.4) is 0 Å². The van der Waals surface area contributed by atoms with Crippen LogP contribution in [-0.2, 0) is 6.54 Å². The standard InChI is InChI=1S/C11H13N3O/c1-8-6-11(14-15-8)13-7-10-4-3-5-12-9(10)2/h3-6H,7H2,1-2H3,(H,13,14). The van der Waals surface area contributed by atoms with Crippen molar-refractivity contribution in [2.24, 2.45) is 0 Å². The summed E-state index contributed by atoms with van der Waals surface area (Å²) < 4.78 is 4.96. The first-order valence-electron chi connectivity index (χ1n) is 4.83. The lowest BCUT2D eigenvalue weighted by Crippen LogP contribution is -2.02. The number of aryl methyl sites for hydroxylation is 2. The van der Waals surface area contributed by atoms with Crippen molar-refractivity contribution >= 4 is 5.82 Å². The van der Waals surface area contributed by atoms with Gasteiger partial charge >= 0.3 is 0 Å². The van der Waals surface area contributed by atoms with E-state index < -0.39 is 0 Å². The summed E-state index contributed by atoms with van der Waals surface area (Å²) in [6, 6.07) is 5.84. The number of hydrogen-bond acceptors (Lipinski definition) is 4. The zero-order chi connectivity index (χ0) is 10.7. The summed E-state index contributed by atoms with van der Waals surface area (Å²) in [5, 5.41) is 7.03. The molecule has 0 aliphatic rings. The fraction of sp³-hybridized carbons (Fsp3) is 0.273. The second-order valence-corrected chi connectivity index (χ2v) is 3.42. The topological polar surface area (TPSA) is 51.0 Å². The molecule has 2 heterocycles. The monoisotopic (exact) mass is 203 g/mol. The van der Waals surface area contributed by atoms with Crippen LogP contribution >= 0.6 is 0 Å². The van der Waals surface area contributed by atoms with E-state index >= 15 is 0 Å². The number of nitrogens with zero attached hydrogens (tertiary/aromatic N) is 2. The van der Waals surface area contributed by atoms with Crippen LogP contribution in [0.25, 0.3) is 0 Å². The average molecular weight is 203 g/mol. The van der Waals surface area contributed by atoms with Gasteiger partial charge in [0.2, 0.25) is 0 Å². The average Bonchev–Trinajstić information content (AvgIpc) is 2.63. The highest BCUT2D eigenvalue weighted by molar-refractivity contribution is 5.35. The smallest absolute Gasteiger partial charge is 0.169 e. The molecule has 0 saturated heterocycles. The molecule has 0 saturated carbocycles. The highest BCUT2D eigenvalue weighted by Crippen LogP contribution is 2.10. The van der Waals surface area contributed by atoms with Gasteiger partial charge in [-0.05, 0) is 25.5 Å². The van der Waals surface area contributed by atoms with Gasteiger partial charge < -0.3 is 9.84 Å². The van der Waals surface area contributed by atoms with Crippen LogP contribution in [-0.4, -0.2) is 10.1 Å². The van der Waals surface area contributed by atoms with Crippen molar-refractivity contribution in [3.05, 3.63) is 41.4 Å². The van der Waals surface area contributed by atoms with Gasteiger partial charge in [-0.1, -0.05) is 11.2 Å². The van der Waals surface area contributed by atoms with E-state index in [1.807, 2.05) is 32.0 Å². The van der Waals surface area contributed by atoms with E-state index in [9.17, 15) is 0 Å². The summed E-state index contributed by atoms with van der Waals surface area (Å²) in [6.07, 6.45) is 1.79. The minimum atomic E-state index is 0.714. The molecular weight excluding hydrogens is 190 g/mol. The van der Waals surface area contributed by atoms with Crippen LogP contribution in [0.15, 0.2) is 28.9 Å². The molecule has 0 aliphatic heterocycles. The van der Waals surface area contributed by atoms with Gasteiger partial charge in [-0.2, -0.15) is 0 Å². The van der Waals surface area contributed by atoms with Crippen molar-refractivity contribution in [1.82, 2.24) is 10.1 Å². The predicted molar refractivity (Wildman–Crippen MR) is 57.5 cm³/mol. The van der Waals surface area contributed by atoms with E-state index in [1.165, 1.54) is 0 Å². The summed E-state index contributed by atoms with van der Waals surface area (Å²) in [5.41, 5.74) is 2.20. The second kappa shape index (κ2) is 4.13. The van der Waals surface area contributed by atoms with Crippen molar-refractivity contribution in [3.63, 3.8) is 0 Å². The molecule has 0 fully saturated rings. The molecule has 2 aromatic heterocycles.